The fourth-order valence-corrected chi connectivity index (χ4v) is 3.77. The van der Waals surface area contributed by atoms with E-state index in [0.29, 0.717) is 30.2 Å². The number of likely N-dealkylation sites (tertiary alicyclic amines) is 1. The van der Waals surface area contributed by atoms with E-state index < -0.39 is 11.8 Å². The van der Waals surface area contributed by atoms with Gasteiger partial charge in [-0.1, -0.05) is 12.1 Å². The molecule has 1 atom stereocenters. The van der Waals surface area contributed by atoms with Crippen LogP contribution in [-0.4, -0.2) is 63.2 Å². The fraction of sp³-hybridized carbons (Fsp3) is 0.381. The van der Waals surface area contributed by atoms with Crippen molar-refractivity contribution in [3.63, 3.8) is 0 Å². The molecule has 0 N–H and O–H groups in total. The summed E-state index contributed by atoms with van der Waals surface area (Å²) in [5, 5.41) is 0. The minimum absolute atomic E-state index is 0.226. The second kappa shape index (κ2) is 7.62. The lowest BCUT2D eigenvalue weighted by Gasteiger charge is -2.33. The summed E-state index contributed by atoms with van der Waals surface area (Å²) >= 11 is 0. The van der Waals surface area contributed by atoms with Gasteiger partial charge in [0.05, 0.1) is 17.7 Å². The Morgan fingerprint density at radius 2 is 1.72 bits per heavy atom. The Morgan fingerprint density at radius 1 is 1.10 bits per heavy atom. The number of imide groups is 1. The van der Waals surface area contributed by atoms with Crippen molar-refractivity contribution in [1.82, 2.24) is 19.8 Å². The highest BCUT2D eigenvalue weighted by atomic mass is 16.5. The monoisotopic (exact) mass is 394 g/mol. The molecule has 8 nitrogen and oxygen atoms in total. The summed E-state index contributed by atoms with van der Waals surface area (Å²) in [6, 6.07) is 8.80. The van der Waals surface area contributed by atoms with Crippen molar-refractivity contribution in [2.45, 2.75) is 32.8 Å². The van der Waals surface area contributed by atoms with Gasteiger partial charge in [0.2, 0.25) is 5.91 Å². The predicted molar refractivity (Wildman–Crippen MR) is 104 cm³/mol. The molecule has 2 aliphatic heterocycles. The van der Waals surface area contributed by atoms with Gasteiger partial charge in [-0.15, -0.1) is 0 Å². The van der Waals surface area contributed by atoms with E-state index in [1.54, 1.807) is 29.2 Å². The molecular weight excluding hydrogens is 372 g/mol. The predicted octanol–water partition coefficient (Wildman–Crippen LogP) is 1.76. The van der Waals surface area contributed by atoms with E-state index in [-0.39, 0.29) is 18.6 Å². The molecule has 0 spiro atoms. The Balaban J connectivity index is 1.40. The van der Waals surface area contributed by atoms with E-state index in [2.05, 4.69) is 9.97 Å². The number of piperidine rings is 1. The number of amides is 3. The van der Waals surface area contributed by atoms with Crippen LogP contribution in [0.3, 0.4) is 0 Å². The molecule has 0 aliphatic carbocycles. The zero-order chi connectivity index (χ0) is 20.5. The first kappa shape index (κ1) is 19.0. The molecule has 1 fully saturated rings. The van der Waals surface area contributed by atoms with E-state index in [4.69, 9.17) is 4.74 Å². The maximum atomic E-state index is 12.8. The molecule has 0 saturated carbocycles. The normalized spacial score (nSPS) is 18.8. The van der Waals surface area contributed by atoms with Crippen LogP contribution >= 0.6 is 0 Å². The molecule has 1 aromatic carbocycles. The SMILES string of the molecule is Cc1cc(C)nc(OC2CCCN(C(=O)CN3C(=O)c4ccccc4C3=O)C2)n1. The number of nitrogens with zero attached hydrogens (tertiary/aromatic N) is 4. The number of hydrogen-bond acceptors (Lipinski definition) is 6. The molecule has 29 heavy (non-hydrogen) atoms. The highest BCUT2D eigenvalue weighted by Crippen LogP contribution is 2.23. The smallest absolute Gasteiger partial charge is 0.317 e. The zero-order valence-corrected chi connectivity index (χ0v) is 16.4. The number of aromatic nitrogens is 2. The number of hydrogen-bond donors (Lipinski definition) is 0. The quantitative estimate of drug-likeness (QED) is 0.734. The van der Waals surface area contributed by atoms with Crippen LogP contribution in [0.5, 0.6) is 6.01 Å². The van der Waals surface area contributed by atoms with Crippen LogP contribution in [0.4, 0.5) is 0 Å². The van der Waals surface area contributed by atoms with Gasteiger partial charge in [-0.05, 0) is 44.9 Å². The first-order chi connectivity index (χ1) is 13.9. The van der Waals surface area contributed by atoms with E-state index in [0.717, 1.165) is 29.1 Å². The van der Waals surface area contributed by atoms with E-state index in [9.17, 15) is 14.4 Å². The highest BCUT2D eigenvalue weighted by molar-refractivity contribution is 6.22. The Labute approximate surface area is 168 Å². The summed E-state index contributed by atoms with van der Waals surface area (Å²) in [7, 11) is 0. The molecule has 3 amide bonds. The summed E-state index contributed by atoms with van der Waals surface area (Å²) in [4.78, 5) is 49.0. The number of ether oxygens (including phenoxy) is 1. The lowest BCUT2D eigenvalue weighted by Crippen LogP contribution is -2.49. The van der Waals surface area contributed by atoms with Gasteiger partial charge >= 0.3 is 6.01 Å². The fourth-order valence-electron chi connectivity index (χ4n) is 3.77. The lowest BCUT2D eigenvalue weighted by molar-refractivity contribution is -0.134. The molecule has 3 heterocycles. The third kappa shape index (κ3) is 3.83. The summed E-state index contributed by atoms with van der Waals surface area (Å²) < 4.78 is 5.90. The largest absolute Gasteiger partial charge is 0.458 e. The van der Waals surface area contributed by atoms with Crippen LogP contribution in [0, 0.1) is 13.8 Å². The molecule has 1 aromatic heterocycles. The summed E-state index contributed by atoms with van der Waals surface area (Å²) in [6.45, 7) is 4.42. The number of carbonyl (C=O) groups excluding carboxylic acids is 3. The summed E-state index contributed by atoms with van der Waals surface area (Å²) in [5.74, 6) is -1.12. The molecule has 2 aromatic rings. The van der Waals surface area contributed by atoms with E-state index >= 15 is 0 Å². The van der Waals surface area contributed by atoms with E-state index in [1.165, 1.54) is 0 Å². The highest BCUT2D eigenvalue weighted by Gasteiger charge is 2.37. The van der Waals surface area contributed by atoms with Gasteiger partial charge in [0.15, 0.2) is 0 Å². The van der Waals surface area contributed by atoms with Gasteiger partial charge in [0.25, 0.3) is 11.8 Å². The third-order valence-corrected chi connectivity index (χ3v) is 5.14. The minimum Gasteiger partial charge on any atom is -0.458 e. The van der Waals surface area contributed by atoms with Crippen molar-refractivity contribution in [2.75, 3.05) is 19.6 Å². The first-order valence-electron chi connectivity index (χ1n) is 9.64. The molecular formula is C21H22N4O4. The maximum Gasteiger partial charge on any atom is 0.317 e. The molecule has 1 unspecified atom stereocenters. The maximum absolute atomic E-state index is 12.8. The Morgan fingerprint density at radius 3 is 2.34 bits per heavy atom. The molecule has 1 saturated heterocycles. The topological polar surface area (TPSA) is 92.7 Å². The average Bonchev–Trinajstić information content (AvgIpc) is 2.92. The Hall–Kier alpha value is -3.29. The second-order valence-corrected chi connectivity index (χ2v) is 7.40. The number of aryl methyl sites for hydroxylation is 2. The number of rotatable bonds is 4. The molecule has 8 heteroatoms. The molecule has 0 radical (unpaired) electrons. The van der Waals surface area contributed by atoms with Crippen molar-refractivity contribution in [3.05, 3.63) is 52.8 Å². The van der Waals surface area contributed by atoms with Crippen molar-refractivity contribution >= 4 is 17.7 Å². The van der Waals surface area contributed by atoms with Crippen molar-refractivity contribution < 1.29 is 19.1 Å². The average molecular weight is 394 g/mol. The van der Waals surface area contributed by atoms with Gasteiger partial charge in [0.1, 0.15) is 12.6 Å². The molecule has 0 bridgehead atoms. The summed E-state index contributed by atoms with van der Waals surface area (Å²) in [5.41, 5.74) is 2.33. The Bertz CT molecular complexity index is 935. The Kier molecular flexibility index (Phi) is 5.00. The van der Waals surface area contributed by atoms with Gasteiger partial charge in [0, 0.05) is 17.9 Å². The van der Waals surface area contributed by atoms with Crippen LogP contribution < -0.4 is 4.74 Å². The van der Waals surface area contributed by atoms with Gasteiger partial charge < -0.3 is 9.64 Å². The van der Waals surface area contributed by atoms with E-state index in [1.807, 2.05) is 19.9 Å². The zero-order valence-electron chi connectivity index (χ0n) is 16.4. The number of fused-ring (bicyclic) bond motifs is 1. The standard InChI is InChI=1S/C21H22N4O4/c1-13-10-14(2)23-21(22-13)29-15-6-5-9-24(11-15)18(26)12-25-19(27)16-7-3-4-8-17(16)20(25)28/h3-4,7-8,10,15H,5-6,9,11-12H2,1-2H3. The van der Waals surface area contributed by atoms with Crippen LogP contribution in [-0.2, 0) is 4.79 Å². The second-order valence-electron chi connectivity index (χ2n) is 7.40. The molecule has 4 rings (SSSR count). The first-order valence-corrected chi connectivity index (χ1v) is 9.64. The van der Waals surface area contributed by atoms with Crippen molar-refractivity contribution in [3.8, 4) is 6.01 Å². The molecule has 150 valence electrons. The van der Waals surface area contributed by atoms with Crippen LogP contribution in [0.15, 0.2) is 30.3 Å². The van der Waals surface area contributed by atoms with Gasteiger partial charge in [-0.25, -0.2) is 9.97 Å². The van der Waals surface area contributed by atoms with Gasteiger partial charge in [-0.3, -0.25) is 19.3 Å². The third-order valence-electron chi connectivity index (χ3n) is 5.14. The van der Waals surface area contributed by atoms with Crippen LogP contribution in [0.25, 0.3) is 0 Å². The van der Waals surface area contributed by atoms with Crippen LogP contribution in [0.1, 0.15) is 44.9 Å². The van der Waals surface area contributed by atoms with Gasteiger partial charge in [-0.2, -0.15) is 0 Å². The summed E-state index contributed by atoms with van der Waals surface area (Å²) in [6.07, 6.45) is 1.33. The number of benzene rings is 1. The van der Waals surface area contributed by atoms with Crippen molar-refractivity contribution in [2.24, 2.45) is 0 Å². The minimum atomic E-state index is -0.424. The van der Waals surface area contributed by atoms with Crippen LogP contribution in [0.2, 0.25) is 0 Å². The van der Waals surface area contributed by atoms with Crippen molar-refractivity contribution in [1.29, 1.82) is 0 Å². The number of carbonyl (C=O) groups is 3. The molecule has 2 aliphatic rings. The lowest BCUT2D eigenvalue weighted by atomic mass is 10.1.